The second-order valence-corrected chi connectivity index (χ2v) is 10.4. The van der Waals surface area contributed by atoms with E-state index in [1.165, 1.54) is 34.3 Å². The number of nitrogens with zero attached hydrogens (tertiary/aromatic N) is 1. The summed E-state index contributed by atoms with van der Waals surface area (Å²) >= 11 is 6.27. The van der Waals surface area contributed by atoms with Gasteiger partial charge in [-0.15, -0.1) is 0 Å². The number of anilines is 1. The van der Waals surface area contributed by atoms with E-state index < -0.39 is 5.97 Å². The van der Waals surface area contributed by atoms with E-state index in [1.54, 1.807) is 24.3 Å². The Morgan fingerprint density at radius 2 is 1.55 bits per heavy atom. The van der Waals surface area contributed by atoms with Crippen molar-refractivity contribution in [2.24, 2.45) is 0 Å². The van der Waals surface area contributed by atoms with Crippen molar-refractivity contribution in [3.63, 3.8) is 0 Å². The van der Waals surface area contributed by atoms with Crippen molar-refractivity contribution in [2.45, 2.75) is 27.3 Å². The Bertz CT molecular complexity index is 1690. The highest BCUT2D eigenvalue weighted by molar-refractivity contribution is 6.32. The molecule has 0 saturated carbocycles. The van der Waals surface area contributed by atoms with Gasteiger partial charge in [-0.25, -0.2) is 9.78 Å². The molecule has 0 fully saturated rings. The number of methoxy groups -OCH3 is 3. The monoisotopic (exact) mass is 615 g/mol. The normalized spacial score (nSPS) is 10.9. The fourth-order valence-corrected chi connectivity index (χ4v) is 4.78. The van der Waals surface area contributed by atoms with E-state index in [4.69, 9.17) is 36.0 Å². The van der Waals surface area contributed by atoms with Crippen LogP contribution in [-0.4, -0.2) is 43.1 Å². The second-order valence-electron chi connectivity index (χ2n) is 10.0. The molecule has 4 aromatic rings. The Kier molecular flexibility index (Phi) is 10.1. The molecule has 10 heteroatoms. The Balaban J connectivity index is 1.59. The lowest BCUT2D eigenvalue weighted by Gasteiger charge is -2.15. The van der Waals surface area contributed by atoms with Crippen molar-refractivity contribution in [3.05, 3.63) is 98.7 Å². The van der Waals surface area contributed by atoms with Crippen LogP contribution < -0.4 is 24.3 Å². The second kappa shape index (κ2) is 14.0. The molecule has 0 aliphatic heterocycles. The molecule has 44 heavy (non-hydrogen) atoms. The summed E-state index contributed by atoms with van der Waals surface area (Å²) < 4.78 is 22.3. The zero-order valence-electron chi connectivity index (χ0n) is 25.4. The summed E-state index contributed by atoms with van der Waals surface area (Å²) in [5.74, 6) is 1.92. The number of aryl methyl sites for hydroxylation is 2. The van der Waals surface area contributed by atoms with Crippen molar-refractivity contribution in [2.75, 3.05) is 26.6 Å². The Labute approximate surface area is 261 Å². The Morgan fingerprint density at radius 1 is 0.932 bits per heavy atom. The number of rotatable bonds is 12. The highest BCUT2D eigenvalue weighted by Gasteiger charge is 2.19. The number of carbonyl (C=O) groups is 1. The number of nitrogens with one attached hydrogen (secondary N) is 2. The van der Waals surface area contributed by atoms with Gasteiger partial charge in [0.2, 0.25) is 5.75 Å². The van der Waals surface area contributed by atoms with Crippen molar-refractivity contribution in [1.29, 1.82) is 5.41 Å². The number of carboxylic acids is 1. The first-order valence-electron chi connectivity index (χ1n) is 13.6. The summed E-state index contributed by atoms with van der Waals surface area (Å²) in [4.78, 5) is 16.9. The third kappa shape index (κ3) is 7.30. The maximum Gasteiger partial charge on any atom is 0.336 e. The van der Waals surface area contributed by atoms with E-state index in [2.05, 4.69) is 10.3 Å². The summed E-state index contributed by atoms with van der Waals surface area (Å²) in [7, 11) is 4.59. The predicted octanol–water partition coefficient (Wildman–Crippen LogP) is 8.04. The summed E-state index contributed by atoms with van der Waals surface area (Å²) in [5, 5.41) is 22.2. The number of aromatic carboxylic acids is 1. The lowest BCUT2D eigenvalue weighted by Crippen LogP contribution is -2.14. The molecule has 1 heterocycles. The Morgan fingerprint density at radius 3 is 2.07 bits per heavy atom. The molecule has 3 N–H and O–H groups in total. The van der Waals surface area contributed by atoms with E-state index in [1.807, 2.05) is 50.2 Å². The molecule has 0 amide bonds. The van der Waals surface area contributed by atoms with Gasteiger partial charge in [0.05, 0.1) is 38.2 Å². The molecule has 4 rings (SSSR count). The van der Waals surface area contributed by atoms with Crippen LogP contribution in [0.3, 0.4) is 0 Å². The average molecular weight is 616 g/mol. The van der Waals surface area contributed by atoms with Crippen LogP contribution in [0.25, 0.3) is 12.2 Å². The van der Waals surface area contributed by atoms with Crippen LogP contribution >= 0.6 is 11.6 Å². The van der Waals surface area contributed by atoms with Crippen molar-refractivity contribution < 1.29 is 28.8 Å². The lowest BCUT2D eigenvalue weighted by molar-refractivity contribution is 0.0696. The SMILES string of the molecule is COc1cc(/C=C/c2cc(C(=O)O)c(C(C)=N)c(NCc3ccc(Oc4cc(C)c(Cl)c(C)c4)cc3)n2)cc(OC)c1OC. The third-order valence-electron chi connectivity index (χ3n) is 6.81. The van der Waals surface area contributed by atoms with Crippen LogP contribution in [0, 0.1) is 19.3 Å². The van der Waals surface area contributed by atoms with Gasteiger partial charge in [-0.3, -0.25) is 0 Å². The van der Waals surface area contributed by atoms with Gasteiger partial charge in [-0.05, 0) is 91.6 Å². The Hall–Kier alpha value is -5.02. The van der Waals surface area contributed by atoms with E-state index >= 15 is 0 Å². The van der Waals surface area contributed by atoms with Gasteiger partial charge < -0.3 is 34.8 Å². The van der Waals surface area contributed by atoms with Gasteiger partial charge in [-0.2, -0.15) is 0 Å². The van der Waals surface area contributed by atoms with Crippen LogP contribution in [0.4, 0.5) is 5.82 Å². The minimum absolute atomic E-state index is 0.0307. The zero-order valence-corrected chi connectivity index (χ0v) is 26.1. The largest absolute Gasteiger partial charge is 0.493 e. The van der Waals surface area contributed by atoms with Gasteiger partial charge in [0, 0.05) is 17.3 Å². The number of hydrogen-bond donors (Lipinski definition) is 3. The van der Waals surface area contributed by atoms with E-state index in [9.17, 15) is 9.90 Å². The first-order valence-corrected chi connectivity index (χ1v) is 14.0. The molecule has 0 atom stereocenters. The molecular formula is C34H34ClN3O6. The van der Waals surface area contributed by atoms with Crippen LogP contribution in [0.15, 0.2) is 54.6 Å². The molecule has 0 saturated heterocycles. The fraction of sp³-hybridized carbons (Fsp3) is 0.206. The highest BCUT2D eigenvalue weighted by atomic mass is 35.5. The summed E-state index contributed by atoms with van der Waals surface area (Å²) in [6.45, 7) is 5.74. The van der Waals surface area contributed by atoms with Gasteiger partial charge in [0.25, 0.3) is 0 Å². The molecule has 0 bridgehead atoms. The molecule has 0 radical (unpaired) electrons. The minimum atomic E-state index is -1.16. The molecule has 3 aromatic carbocycles. The maximum absolute atomic E-state index is 12.2. The molecule has 228 valence electrons. The van der Waals surface area contributed by atoms with Crippen LogP contribution in [0.5, 0.6) is 28.7 Å². The topological polar surface area (TPSA) is 123 Å². The van der Waals surface area contributed by atoms with Gasteiger partial charge in [0.1, 0.15) is 17.3 Å². The molecule has 0 aliphatic carbocycles. The number of hydrogen-bond acceptors (Lipinski definition) is 8. The quantitative estimate of drug-likeness (QED) is 0.137. The summed E-state index contributed by atoms with van der Waals surface area (Å²) in [6, 6.07) is 16.3. The van der Waals surface area contributed by atoms with Crippen molar-refractivity contribution >= 4 is 41.3 Å². The van der Waals surface area contributed by atoms with Gasteiger partial charge >= 0.3 is 5.97 Å². The van der Waals surface area contributed by atoms with E-state index in [0.29, 0.717) is 41.0 Å². The highest BCUT2D eigenvalue weighted by Crippen LogP contribution is 2.38. The summed E-state index contributed by atoms with van der Waals surface area (Å²) in [6.07, 6.45) is 3.45. The minimum Gasteiger partial charge on any atom is -0.493 e. The molecule has 1 aromatic heterocycles. The van der Waals surface area contributed by atoms with Gasteiger partial charge in [-0.1, -0.05) is 29.8 Å². The van der Waals surface area contributed by atoms with Crippen molar-refractivity contribution in [1.82, 2.24) is 4.98 Å². The predicted molar refractivity (Wildman–Crippen MR) is 173 cm³/mol. The molecule has 0 unspecified atom stereocenters. The average Bonchev–Trinajstić information content (AvgIpc) is 3.01. The maximum atomic E-state index is 12.2. The number of benzene rings is 3. The van der Waals surface area contributed by atoms with Crippen LogP contribution in [0.2, 0.25) is 5.02 Å². The number of halogens is 1. The molecular weight excluding hydrogens is 582 g/mol. The van der Waals surface area contributed by atoms with Crippen molar-refractivity contribution in [3.8, 4) is 28.7 Å². The zero-order chi connectivity index (χ0) is 32.0. The first kappa shape index (κ1) is 31.9. The fourth-order valence-electron chi connectivity index (χ4n) is 4.67. The van der Waals surface area contributed by atoms with E-state index in [0.717, 1.165) is 27.3 Å². The molecule has 9 nitrogen and oxygen atoms in total. The number of aromatic nitrogens is 1. The third-order valence-corrected chi connectivity index (χ3v) is 7.40. The first-order chi connectivity index (χ1) is 21.0. The molecule has 0 spiro atoms. The van der Waals surface area contributed by atoms with Crippen LogP contribution in [-0.2, 0) is 6.54 Å². The number of ether oxygens (including phenoxy) is 4. The lowest BCUT2D eigenvalue weighted by atomic mass is 10.0. The van der Waals surface area contributed by atoms with E-state index in [-0.39, 0.29) is 22.7 Å². The van der Waals surface area contributed by atoms with Crippen LogP contribution in [0.1, 0.15) is 50.8 Å². The summed E-state index contributed by atoms with van der Waals surface area (Å²) in [5.41, 5.74) is 4.17. The smallest absolute Gasteiger partial charge is 0.336 e. The standard InChI is InChI=1S/C34H34ClN3O6/c1-19-13-26(14-20(2)31(19)35)44-25-11-8-22(9-12-25)18-37-33-30(21(3)36)27(34(39)40)17-24(38-33)10-7-23-15-28(41-4)32(43-6)29(16-23)42-5/h7-17,36H,18H2,1-6H3,(H,37,38)(H,39,40)/b10-7+,36-21?. The molecule has 0 aliphatic rings. The van der Waals surface area contributed by atoms with Gasteiger partial charge in [0.15, 0.2) is 11.5 Å². The number of pyridine rings is 1. The number of carboxylic acid groups (broad SMARTS) is 1.